The highest BCUT2D eigenvalue weighted by Gasteiger charge is 2.04. The van der Waals surface area contributed by atoms with Crippen molar-refractivity contribution in [1.82, 2.24) is 5.32 Å². The molecule has 0 unspecified atom stereocenters. The minimum atomic E-state index is -0.0841. The van der Waals surface area contributed by atoms with Gasteiger partial charge in [-0.05, 0) is 38.1 Å². The van der Waals surface area contributed by atoms with Gasteiger partial charge in [-0.3, -0.25) is 4.79 Å². The summed E-state index contributed by atoms with van der Waals surface area (Å²) >= 11 is 0. The smallest absolute Gasteiger partial charge is 0.252 e. The van der Waals surface area contributed by atoms with E-state index in [-0.39, 0.29) is 5.91 Å². The summed E-state index contributed by atoms with van der Waals surface area (Å²) < 4.78 is 0. The van der Waals surface area contributed by atoms with Gasteiger partial charge in [0.2, 0.25) is 0 Å². The molecule has 2 rings (SSSR count). The number of carbonyl (C=O) groups excluding carboxylic acids is 1. The predicted octanol–water partition coefficient (Wildman–Crippen LogP) is 3.08. The predicted molar refractivity (Wildman–Crippen MR) is 81.6 cm³/mol. The van der Waals surface area contributed by atoms with E-state index in [4.69, 9.17) is 0 Å². The number of hydrogen-bond acceptors (Lipinski definition) is 1. The van der Waals surface area contributed by atoms with Gasteiger partial charge in [0.25, 0.3) is 5.91 Å². The van der Waals surface area contributed by atoms with Crippen molar-refractivity contribution < 1.29 is 4.79 Å². The summed E-state index contributed by atoms with van der Waals surface area (Å²) in [5.74, 6) is 5.88. The Bertz CT molecular complexity index is 643. The summed E-state index contributed by atoms with van der Waals surface area (Å²) in [6, 6.07) is 15.5. The van der Waals surface area contributed by atoms with Crippen molar-refractivity contribution >= 4 is 5.91 Å². The van der Waals surface area contributed by atoms with Gasteiger partial charge in [-0.2, -0.15) is 0 Å². The minimum absolute atomic E-state index is 0.0841. The summed E-state index contributed by atoms with van der Waals surface area (Å²) in [5.41, 5.74) is 3.81. The third-order valence-corrected chi connectivity index (χ3v) is 2.83. The van der Waals surface area contributed by atoms with E-state index in [1.807, 2.05) is 62.4 Å². The second kappa shape index (κ2) is 6.58. The SMILES string of the molecule is Cc1cc(C)cc(C(=O)NCC#Cc2ccccc2)c1. The van der Waals surface area contributed by atoms with Crippen molar-refractivity contribution in [3.63, 3.8) is 0 Å². The highest BCUT2D eigenvalue weighted by atomic mass is 16.1. The Morgan fingerprint density at radius 2 is 1.70 bits per heavy atom. The Morgan fingerprint density at radius 1 is 1.05 bits per heavy atom. The van der Waals surface area contributed by atoms with Crippen molar-refractivity contribution in [1.29, 1.82) is 0 Å². The van der Waals surface area contributed by atoms with Crippen LogP contribution in [0.5, 0.6) is 0 Å². The molecule has 0 fully saturated rings. The Labute approximate surface area is 119 Å². The van der Waals surface area contributed by atoms with Crippen LogP contribution in [-0.2, 0) is 0 Å². The highest BCUT2D eigenvalue weighted by Crippen LogP contribution is 2.08. The fraction of sp³-hybridized carbons (Fsp3) is 0.167. The third-order valence-electron chi connectivity index (χ3n) is 2.83. The molecule has 0 aromatic heterocycles. The maximum atomic E-state index is 12.0. The van der Waals surface area contributed by atoms with E-state index in [1.165, 1.54) is 0 Å². The van der Waals surface area contributed by atoms with Crippen LogP contribution in [-0.4, -0.2) is 12.5 Å². The number of carbonyl (C=O) groups is 1. The first-order valence-electron chi connectivity index (χ1n) is 6.55. The highest BCUT2D eigenvalue weighted by molar-refractivity contribution is 5.94. The number of aryl methyl sites for hydroxylation is 2. The molecule has 0 spiro atoms. The number of amides is 1. The van der Waals surface area contributed by atoms with E-state index in [1.54, 1.807) is 0 Å². The summed E-state index contributed by atoms with van der Waals surface area (Å²) in [7, 11) is 0. The molecule has 0 saturated heterocycles. The topological polar surface area (TPSA) is 29.1 Å². The molecule has 0 atom stereocenters. The lowest BCUT2D eigenvalue weighted by Crippen LogP contribution is -2.23. The first-order chi connectivity index (χ1) is 9.65. The Morgan fingerprint density at radius 3 is 2.35 bits per heavy atom. The Balaban J connectivity index is 1.94. The molecule has 0 radical (unpaired) electrons. The van der Waals surface area contributed by atoms with Gasteiger partial charge < -0.3 is 5.32 Å². The molecule has 1 N–H and O–H groups in total. The van der Waals surface area contributed by atoms with E-state index in [0.29, 0.717) is 12.1 Å². The molecule has 0 bridgehead atoms. The van der Waals surface area contributed by atoms with Gasteiger partial charge in [-0.1, -0.05) is 47.2 Å². The third kappa shape index (κ3) is 4.00. The summed E-state index contributed by atoms with van der Waals surface area (Å²) in [4.78, 5) is 12.0. The van der Waals surface area contributed by atoms with Gasteiger partial charge in [-0.15, -0.1) is 0 Å². The molecule has 0 aliphatic rings. The van der Waals surface area contributed by atoms with Gasteiger partial charge in [0.1, 0.15) is 0 Å². The van der Waals surface area contributed by atoms with Gasteiger partial charge in [-0.25, -0.2) is 0 Å². The lowest BCUT2D eigenvalue weighted by atomic mass is 10.1. The Kier molecular flexibility index (Phi) is 4.57. The fourth-order valence-corrected chi connectivity index (χ4v) is 2.00. The maximum Gasteiger partial charge on any atom is 0.252 e. The van der Waals surface area contributed by atoms with Crippen LogP contribution < -0.4 is 5.32 Å². The summed E-state index contributed by atoms with van der Waals surface area (Å²) in [5, 5.41) is 2.81. The lowest BCUT2D eigenvalue weighted by Gasteiger charge is -2.04. The van der Waals surface area contributed by atoms with Crippen LogP contribution in [0.3, 0.4) is 0 Å². The molecule has 2 aromatic carbocycles. The van der Waals surface area contributed by atoms with E-state index < -0.39 is 0 Å². The van der Waals surface area contributed by atoms with Crippen molar-refractivity contribution in [2.45, 2.75) is 13.8 Å². The first-order valence-corrected chi connectivity index (χ1v) is 6.55. The second-order valence-electron chi connectivity index (χ2n) is 4.73. The number of hydrogen-bond donors (Lipinski definition) is 1. The average Bonchev–Trinajstić information content (AvgIpc) is 2.43. The van der Waals surface area contributed by atoms with Crippen LogP contribution in [0, 0.1) is 25.7 Å². The standard InChI is InChI=1S/C18H17NO/c1-14-11-15(2)13-17(12-14)18(20)19-10-6-9-16-7-4-3-5-8-16/h3-5,7-8,11-13H,10H2,1-2H3,(H,19,20). The molecule has 100 valence electrons. The number of nitrogens with one attached hydrogen (secondary N) is 1. The zero-order valence-corrected chi connectivity index (χ0v) is 11.7. The summed E-state index contributed by atoms with van der Waals surface area (Å²) in [6.45, 7) is 4.32. The molecule has 20 heavy (non-hydrogen) atoms. The first kappa shape index (κ1) is 13.9. The van der Waals surface area contributed by atoms with Gasteiger partial charge >= 0.3 is 0 Å². The second-order valence-corrected chi connectivity index (χ2v) is 4.73. The summed E-state index contributed by atoms with van der Waals surface area (Å²) in [6.07, 6.45) is 0. The normalized spacial score (nSPS) is 9.50. The van der Waals surface area contributed by atoms with Gasteiger partial charge in [0, 0.05) is 11.1 Å². The molecule has 2 aromatic rings. The zero-order valence-electron chi connectivity index (χ0n) is 11.7. The van der Waals surface area contributed by atoms with Crippen molar-refractivity contribution in [3.05, 3.63) is 70.8 Å². The molecular weight excluding hydrogens is 246 g/mol. The van der Waals surface area contributed by atoms with Gasteiger partial charge in [0.05, 0.1) is 6.54 Å². The van der Waals surface area contributed by atoms with Crippen LogP contribution in [0.15, 0.2) is 48.5 Å². The van der Waals surface area contributed by atoms with Crippen LogP contribution in [0.1, 0.15) is 27.0 Å². The average molecular weight is 263 g/mol. The van der Waals surface area contributed by atoms with Crippen LogP contribution in [0.25, 0.3) is 0 Å². The van der Waals surface area contributed by atoms with Crippen LogP contribution in [0.4, 0.5) is 0 Å². The lowest BCUT2D eigenvalue weighted by molar-refractivity contribution is 0.0958. The molecule has 2 nitrogen and oxygen atoms in total. The molecule has 0 saturated carbocycles. The number of benzene rings is 2. The van der Waals surface area contributed by atoms with Crippen LogP contribution >= 0.6 is 0 Å². The van der Waals surface area contributed by atoms with Gasteiger partial charge in [0.15, 0.2) is 0 Å². The van der Waals surface area contributed by atoms with E-state index >= 15 is 0 Å². The number of rotatable bonds is 2. The molecule has 1 amide bonds. The molecule has 2 heteroatoms. The fourth-order valence-electron chi connectivity index (χ4n) is 2.00. The van der Waals surface area contributed by atoms with E-state index in [0.717, 1.165) is 16.7 Å². The monoisotopic (exact) mass is 263 g/mol. The van der Waals surface area contributed by atoms with E-state index in [2.05, 4.69) is 17.2 Å². The quantitative estimate of drug-likeness (QED) is 0.829. The molecule has 0 aliphatic heterocycles. The Hall–Kier alpha value is -2.53. The minimum Gasteiger partial charge on any atom is -0.341 e. The van der Waals surface area contributed by atoms with Crippen molar-refractivity contribution in [3.8, 4) is 11.8 Å². The largest absolute Gasteiger partial charge is 0.341 e. The molecule has 0 heterocycles. The molecule has 0 aliphatic carbocycles. The maximum absolute atomic E-state index is 12.0. The van der Waals surface area contributed by atoms with Crippen molar-refractivity contribution in [2.24, 2.45) is 0 Å². The zero-order chi connectivity index (χ0) is 14.4. The van der Waals surface area contributed by atoms with Crippen molar-refractivity contribution in [2.75, 3.05) is 6.54 Å². The molecular formula is C18H17NO. The van der Waals surface area contributed by atoms with E-state index in [9.17, 15) is 4.79 Å². The van der Waals surface area contributed by atoms with Crippen LogP contribution in [0.2, 0.25) is 0 Å².